The molecule has 0 unspecified atom stereocenters. The number of hydrogen-bond acceptors (Lipinski definition) is 1. The molecule has 0 aliphatic carbocycles. The van der Waals surface area contributed by atoms with E-state index < -0.39 is 0 Å². The number of benzene rings is 8. The summed E-state index contributed by atoms with van der Waals surface area (Å²) in [5, 5.41) is 6.48. The zero-order valence-electron chi connectivity index (χ0n) is 40.0. The van der Waals surface area contributed by atoms with Crippen LogP contribution in [-0.2, 0) is 16.2 Å². The molecule has 0 spiro atoms. The lowest BCUT2D eigenvalue weighted by Crippen LogP contribution is -2.56. The summed E-state index contributed by atoms with van der Waals surface area (Å²) in [6.07, 6.45) is 0. The zero-order chi connectivity index (χ0) is 45.9. The SMILES string of the molecule is CC(C)(C)c1ccc(N2c3cc(C(C)(C)C)cc4c3B(c3c2n(-c2ccccc2)c2ccc(C(C)(C)C)cc32)n2c3ccc5c(c6ccccc6n5-c5ccccc5)c3c3cccc-4c32)cc1. The molecule has 8 aromatic carbocycles. The van der Waals surface area contributed by atoms with Crippen molar-refractivity contribution in [2.45, 2.75) is 78.6 Å². The summed E-state index contributed by atoms with van der Waals surface area (Å²) in [6, 6.07) is 64.7. The van der Waals surface area contributed by atoms with Crippen molar-refractivity contribution >= 4 is 89.5 Å². The average Bonchev–Trinajstić information content (AvgIpc) is 3.96. The van der Waals surface area contributed by atoms with Crippen molar-refractivity contribution in [3.8, 4) is 22.5 Å². The van der Waals surface area contributed by atoms with Crippen molar-refractivity contribution in [1.82, 2.24) is 13.6 Å². The Balaban J connectivity index is 1.25. The summed E-state index contributed by atoms with van der Waals surface area (Å²) in [5.74, 6) is 1.20. The molecular weight excluding hydrogens is 812 g/mol. The van der Waals surface area contributed by atoms with Gasteiger partial charge in [0.2, 0.25) is 0 Å². The lowest BCUT2D eigenvalue weighted by Gasteiger charge is -2.41. The number of para-hydroxylation sites is 4. The summed E-state index contributed by atoms with van der Waals surface area (Å²) in [7, 11) is 0. The van der Waals surface area contributed by atoms with Crippen LogP contribution in [0.3, 0.4) is 0 Å². The Bertz CT molecular complexity index is 3840. The molecule has 326 valence electrons. The van der Waals surface area contributed by atoms with Gasteiger partial charge in [0.15, 0.2) is 0 Å². The fraction of sp³-hybridized carbons (Fsp3) is 0.194. The molecule has 4 nitrogen and oxygen atoms in total. The maximum Gasteiger partial charge on any atom is 0.335 e. The van der Waals surface area contributed by atoms with Crippen molar-refractivity contribution in [2.24, 2.45) is 0 Å². The molecule has 2 aliphatic rings. The number of hydrogen-bond donors (Lipinski definition) is 0. The van der Waals surface area contributed by atoms with E-state index in [1.54, 1.807) is 0 Å². The van der Waals surface area contributed by atoms with Crippen molar-refractivity contribution in [3.63, 3.8) is 0 Å². The second-order valence-electron chi connectivity index (χ2n) is 22.2. The Morgan fingerprint density at radius 3 is 1.63 bits per heavy atom. The Kier molecular flexibility index (Phi) is 8.18. The van der Waals surface area contributed by atoms with Gasteiger partial charge in [0.1, 0.15) is 5.82 Å². The minimum absolute atomic E-state index is 0.0215. The van der Waals surface area contributed by atoms with Gasteiger partial charge in [-0.1, -0.05) is 159 Å². The van der Waals surface area contributed by atoms with E-state index in [-0.39, 0.29) is 23.1 Å². The van der Waals surface area contributed by atoms with E-state index in [2.05, 4.69) is 251 Å². The standard InChI is InChI=1S/C62H55BN4/c1-60(2,3)38-27-30-43(31-28-38)66-53-37-40(62(7,8)9)36-47-44-24-18-25-46-55-52(34-33-51-54(55)45-23-16-17-26-49(45)64(51)41-19-12-10-13-20-41)67(58(44)46)63(56(47)53)57-48-35-39(61(4,5)6)29-32-50(48)65(59(57)66)42-21-14-11-15-22-42/h10-37H,1-9H3. The number of aromatic nitrogens is 3. The summed E-state index contributed by atoms with van der Waals surface area (Å²) in [5.41, 5.74) is 20.1. The van der Waals surface area contributed by atoms with E-state index in [0.717, 1.165) is 11.4 Å². The van der Waals surface area contributed by atoms with E-state index in [1.165, 1.54) is 110 Å². The fourth-order valence-electron chi connectivity index (χ4n) is 11.7. The molecule has 0 amide bonds. The van der Waals surface area contributed by atoms with Gasteiger partial charge in [-0.2, -0.15) is 0 Å². The first-order valence-electron chi connectivity index (χ1n) is 24.1. The van der Waals surface area contributed by atoms with Crippen LogP contribution in [0.1, 0.15) is 79.0 Å². The van der Waals surface area contributed by atoms with Crippen LogP contribution in [-0.4, -0.2) is 20.5 Å². The molecule has 0 bridgehead atoms. The molecule has 0 N–H and O–H groups in total. The normalized spacial score (nSPS) is 13.7. The molecule has 5 heteroatoms. The highest BCUT2D eigenvalue weighted by molar-refractivity contribution is 6.91. The molecule has 2 aliphatic heterocycles. The first-order chi connectivity index (χ1) is 32.2. The molecular formula is C62H55BN4. The van der Waals surface area contributed by atoms with Crippen LogP contribution >= 0.6 is 0 Å². The summed E-state index contributed by atoms with van der Waals surface area (Å²) < 4.78 is 7.78. The Labute approximate surface area is 393 Å². The van der Waals surface area contributed by atoms with Gasteiger partial charge in [-0.15, -0.1) is 0 Å². The molecule has 0 atom stereocenters. The van der Waals surface area contributed by atoms with Gasteiger partial charge < -0.3 is 9.05 Å². The van der Waals surface area contributed by atoms with E-state index in [0.29, 0.717) is 0 Å². The average molecular weight is 867 g/mol. The molecule has 5 heterocycles. The van der Waals surface area contributed by atoms with Crippen molar-refractivity contribution < 1.29 is 0 Å². The number of fused-ring (bicyclic) bond motifs is 13. The second-order valence-corrected chi connectivity index (χ2v) is 22.2. The third-order valence-electron chi connectivity index (χ3n) is 15.1. The quantitative estimate of drug-likeness (QED) is 0.162. The summed E-state index contributed by atoms with van der Waals surface area (Å²) >= 11 is 0. The lowest BCUT2D eigenvalue weighted by molar-refractivity contribution is 0.590. The van der Waals surface area contributed by atoms with Gasteiger partial charge in [-0.05, 0) is 122 Å². The van der Waals surface area contributed by atoms with Crippen LogP contribution in [0.2, 0.25) is 0 Å². The van der Waals surface area contributed by atoms with Gasteiger partial charge in [0.25, 0.3) is 0 Å². The highest BCUT2D eigenvalue weighted by Crippen LogP contribution is 2.51. The van der Waals surface area contributed by atoms with Crippen LogP contribution in [0, 0.1) is 0 Å². The third-order valence-corrected chi connectivity index (χ3v) is 15.1. The molecule has 0 saturated heterocycles. The van der Waals surface area contributed by atoms with Gasteiger partial charge in [0, 0.05) is 66.4 Å². The molecule has 67 heavy (non-hydrogen) atoms. The van der Waals surface area contributed by atoms with Crippen LogP contribution in [0.25, 0.3) is 77.0 Å². The zero-order valence-corrected chi connectivity index (χ0v) is 40.0. The smallest absolute Gasteiger partial charge is 0.335 e. The maximum absolute atomic E-state index is 2.76. The Hall–Kier alpha value is -7.24. The van der Waals surface area contributed by atoms with Gasteiger partial charge in [-0.25, -0.2) is 0 Å². The van der Waals surface area contributed by atoms with E-state index in [1.807, 2.05) is 0 Å². The Morgan fingerprint density at radius 1 is 0.373 bits per heavy atom. The van der Waals surface area contributed by atoms with Gasteiger partial charge in [-0.3, -0.25) is 9.47 Å². The molecule has 13 rings (SSSR count). The largest absolute Gasteiger partial charge is 0.375 e. The predicted octanol–water partition coefficient (Wildman–Crippen LogP) is 15.1. The highest BCUT2D eigenvalue weighted by atomic mass is 15.3. The van der Waals surface area contributed by atoms with Gasteiger partial charge >= 0.3 is 6.85 Å². The monoisotopic (exact) mass is 866 g/mol. The predicted molar refractivity (Wildman–Crippen MR) is 287 cm³/mol. The highest BCUT2D eigenvalue weighted by Gasteiger charge is 2.47. The first kappa shape index (κ1) is 40.1. The third kappa shape index (κ3) is 5.61. The van der Waals surface area contributed by atoms with Crippen LogP contribution in [0.15, 0.2) is 170 Å². The minimum atomic E-state index is -0.128. The minimum Gasteiger partial charge on any atom is -0.375 e. The van der Waals surface area contributed by atoms with Crippen molar-refractivity contribution in [3.05, 3.63) is 187 Å². The second kappa shape index (κ2) is 13.7. The summed E-state index contributed by atoms with van der Waals surface area (Å²) in [4.78, 5) is 2.62. The number of rotatable bonds is 3. The first-order valence-corrected chi connectivity index (χ1v) is 24.1. The van der Waals surface area contributed by atoms with E-state index in [4.69, 9.17) is 0 Å². The topological polar surface area (TPSA) is 18.0 Å². The van der Waals surface area contributed by atoms with Crippen molar-refractivity contribution in [1.29, 1.82) is 0 Å². The Morgan fingerprint density at radius 2 is 0.940 bits per heavy atom. The molecule has 0 fully saturated rings. The van der Waals surface area contributed by atoms with Crippen LogP contribution in [0.5, 0.6) is 0 Å². The fourth-order valence-corrected chi connectivity index (χ4v) is 11.7. The number of nitrogens with zero attached hydrogens (tertiary/aromatic N) is 4. The molecule has 0 radical (unpaired) electrons. The number of anilines is 3. The van der Waals surface area contributed by atoms with Crippen LogP contribution < -0.4 is 15.8 Å². The van der Waals surface area contributed by atoms with E-state index >= 15 is 0 Å². The molecule has 11 aromatic rings. The van der Waals surface area contributed by atoms with Gasteiger partial charge in [0.05, 0.1) is 16.6 Å². The van der Waals surface area contributed by atoms with Crippen molar-refractivity contribution in [2.75, 3.05) is 4.90 Å². The summed E-state index contributed by atoms with van der Waals surface area (Å²) in [6.45, 7) is 20.9. The van der Waals surface area contributed by atoms with Crippen LogP contribution in [0.4, 0.5) is 17.2 Å². The van der Waals surface area contributed by atoms with E-state index in [9.17, 15) is 0 Å². The molecule has 3 aromatic heterocycles. The molecule has 0 saturated carbocycles. The maximum atomic E-state index is 2.76. The lowest BCUT2D eigenvalue weighted by atomic mass is 9.45.